The van der Waals surface area contributed by atoms with Gasteiger partial charge in [-0.2, -0.15) is 0 Å². The number of hydrogen-bond donors (Lipinski definition) is 0. The molecule has 0 amide bonds. The molecule has 0 unspecified atom stereocenters. The summed E-state index contributed by atoms with van der Waals surface area (Å²) in [6.45, 7) is 2.11. The fourth-order valence-electron chi connectivity index (χ4n) is 1.44. The summed E-state index contributed by atoms with van der Waals surface area (Å²) in [4.78, 5) is 9.85. The van der Waals surface area contributed by atoms with Crippen LogP contribution in [0.4, 0.5) is 0 Å². The molecule has 2 nitrogen and oxygen atoms in total. The number of hydrogen-bond acceptors (Lipinski definition) is 3. The van der Waals surface area contributed by atoms with Crippen LogP contribution in [0.25, 0.3) is 0 Å². The minimum absolute atomic E-state index is 0.516. The molecule has 1 aromatic heterocycles. The summed E-state index contributed by atoms with van der Waals surface area (Å²) in [6.07, 6.45) is 1.89. The van der Waals surface area contributed by atoms with Gasteiger partial charge in [-0.05, 0) is 18.6 Å². The van der Waals surface area contributed by atoms with Gasteiger partial charge in [0, 0.05) is 17.4 Å². The SMILES string of the molecule is CCCc1nc(Cl)cc(Sc2ccccc2)n1. The Morgan fingerprint density at radius 1 is 1.18 bits per heavy atom. The van der Waals surface area contributed by atoms with E-state index in [-0.39, 0.29) is 0 Å². The van der Waals surface area contributed by atoms with Gasteiger partial charge in [-0.1, -0.05) is 48.5 Å². The van der Waals surface area contributed by atoms with E-state index in [2.05, 4.69) is 29.0 Å². The first-order valence-corrected chi connectivity index (χ1v) is 6.73. The van der Waals surface area contributed by atoms with Crippen LogP contribution in [0.15, 0.2) is 46.3 Å². The molecule has 88 valence electrons. The molecule has 0 aliphatic rings. The van der Waals surface area contributed by atoms with Gasteiger partial charge >= 0.3 is 0 Å². The van der Waals surface area contributed by atoms with Crippen molar-refractivity contribution in [3.05, 3.63) is 47.4 Å². The lowest BCUT2D eigenvalue weighted by molar-refractivity contribution is 0.810. The van der Waals surface area contributed by atoms with Crippen molar-refractivity contribution in [3.8, 4) is 0 Å². The van der Waals surface area contributed by atoms with Crippen LogP contribution in [0, 0.1) is 0 Å². The van der Waals surface area contributed by atoms with Gasteiger partial charge in [-0.15, -0.1) is 0 Å². The van der Waals surface area contributed by atoms with Crippen molar-refractivity contribution < 1.29 is 0 Å². The normalized spacial score (nSPS) is 10.5. The van der Waals surface area contributed by atoms with Gasteiger partial charge in [0.15, 0.2) is 0 Å². The molecule has 1 aromatic carbocycles. The Labute approximate surface area is 110 Å². The number of nitrogens with zero attached hydrogens (tertiary/aromatic N) is 2. The molecule has 1 heterocycles. The molecule has 0 saturated heterocycles. The first-order valence-electron chi connectivity index (χ1n) is 5.54. The van der Waals surface area contributed by atoms with Crippen molar-refractivity contribution in [3.63, 3.8) is 0 Å². The molecule has 0 aliphatic heterocycles. The van der Waals surface area contributed by atoms with E-state index < -0.39 is 0 Å². The van der Waals surface area contributed by atoms with Gasteiger partial charge in [-0.3, -0.25) is 0 Å². The molecule has 0 N–H and O–H groups in total. The quantitative estimate of drug-likeness (QED) is 0.773. The topological polar surface area (TPSA) is 25.8 Å². The van der Waals surface area contributed by atoms with Gasteiger partial charge in [0.2, 0.25) is 0 Å². The van der Waals surface area contributed by atoms with Gasteiger partial charge < -0.3 is 0 Å². The third-order valence-corrected chi connectivity index (χ3v) is 3.28. The molecule has 0 saturated carbocycles. The molecule has 2 rings (SSSR count). The van der Waals surface area contributed by atoms with Crippen molar-refractivity contribution in [2.75, 3.05) is 0 Å². The maximum Gasteiger partial charge on any atom is 0.133 e. The van der Waals surface area contributed by atoms with Crippen LogP contribution < -0.4 is 0 Å². The summed E-state index contributed by atoms with van der Waals surface area (Å²) in [6, 6.07) is 11.9. The molecule has 2 aromatic rings. The Morgan fingerprint density at radius 2 is 1.94 bits per heavy atom. The van der Waals surface area contributed by atoms with E-state index in [1.807, 2.05) is 18.2 Å². The third kappa shape index (κ3) is 3.72. The molecular formula is C13H13ClN2S. The van der Waals surface area contributed by atoms with Crippen LogP contribution in [0.5, 0.6) is 0 Å². The summed E-state index contributed by atoms with van der Waals surface area (Å²) in [5, 5.41) is 1.42. The highest BCUT2D eigenvalue weighted by atomic mass is 35.5. The predicted octanol–water partition coefficient (Wildman–Crippen LogP) is 4.23. The van der Waals surface area contributed by atoms with Crippen LogP contribution >= 0.6 is 23.4 Å². The first-order chi connectivity index (χ1) is 8.28. The van der Waals surface area contributed by atoms with Crippen molar-refractivity contribution in [1.82, 2.24) is 9.97 Å². The first kappa shape index (κ1) is 12.4. The Kier molecular flexibility index (Phi) is 4.40. The lowest BCUT2D eigenvalue weighted by Gasteiger charge is -2.04. The molecule has 0 bridgehead atoms. The summed E-state index contributed by atoms with van der Waals surface area (Å²) >= 11 is 7.59. The highest BCUT2D eigenvalue weighted by Crippen LogP contribution is 2.27. The maximum absolute atomic E-state index is 5.99. The lowest BCUT2D eigenvalue weighted by atomic mass is 10.3. The van der Waals surface area contributed by atoms with Gasteiger partial charge in [0.25, 0.3) is 0 Å². The highest BCUT2D eigenvalue weighted by Gasteiger charge is 2.04. The van der Waals surface area contributed by atoms with Crippen LogP contribution in [0.3, 0.4) is 0 Å². The Hall–Kier alpha value is -1.06. The number of benzene rings is 1. The van der Waals surface area contributed by atoms with E-state index in [9.17, 15) is 0 Å². The van der Waals surface area contributed by atoms with Crippen LogP contribution in [-0.2, 0) is 6.42 Å². The van der Waals surface area contributed by atoms with Gasteiger partial charge in [0.1, 0.15) is 16.0 Å². The highest BCUT2D eigenvalue weighted by molar-refractivity contribution is 7.99. The third-order valence-electron chi connectivity index (χ3n) is 2.16. The van der Waals surface area contributed by atoms with E-state index in [1.54, 1.807) is 17.8 Å². The Balaban J connectivity index is 2.21. The number of aryl methyl sites for hydroxylation is 1. The van der Waals surface area contributed by atoms with Crippen molar-refractivity contribution in [2.45, 2.75) is 29.7 Å². The fraction of sp³-hybridized carbons (Fsp3) is 0.231. The summed E-state index contributed by atoms with van der Waals surface area (Å²) in [5.41, 5.74) is 0. The van der Waals surface area contributed by atoms with Crippen LogP contribution in [0.2, 0.25) is 5.15 Å². The maximum atomic E-state index is 5.99. The second-order valence-corrected chi connectivity index (χ2v) is 5.09. The van der Waals surface area contributed by atoms with Crippen LogP contribution in [-0.4, -0.2) is 9.97 Å². The number of halogens is 1. The summed E-state index contributed by atoms with van der Waals surface area (Å²) in [7, 11) is 0. The molecule has 0 radical (unpaired) electrons. The predicted molar refractivity (Wildman–Crippen MR) is 71.6 cm³/mol. The average Bonchev–Trinajstić information content (AvgIpc) is 2.30. The second kappa shape index (κ2) is 6.03. The molecule has 0 aliphatic carbocycles. The summed E-state index contributed by atoms with van der Waals surface area (Å²) in [5.74, 6) is 0.818. The molecule has 0 spiro atoms. The Morgan fingerprint density at radius 3 is 2.65 bits per heavy atom. The number of aromatic nitrogens is 2. The van der Waals surface area contributed by atoms with E-state index in [1.165, 1.54) is 0 Å². The second-order valence-electron chi connectivity index (χ2n) is 3.61. The van der Waals surface area contributed by atoms with Crippen molar-refractivity contribution >= 4 is 23.4 Å². The monoisotopic (exact) mass is 264 g/mol. The van der Waals surface area contributed by atoms with E-state index >= 15 is 0 Å². The van der Waals surface area contributed by atoms with Crippen molar-refractivity contribution in [2.24, 2.45) is 0 Å². The average molecular weight is 265 g/mol. The fourth-order valence-corrected chi connectivity index (χ4v) is 2.56. The minimum atomic E-state index is 0.516. The van der Waals surface area contributed by atoms with E-state index in [0.29, 0.717) is 5.15 Å². The zero-order chi connectivity index (χ0) is 12.1. The van der Waals surface area contributed by atoms with Crippen LogP contribution in [0.1, 0.15) is 19.2 Å². The summed E-state index contributed by atoms with van der Waals surface area (Å²) < 4.78 is 0. The van der Waals surface area contributed by atoms with E-state index in [4.69, 9.17) is 11.6 Å². The lowest BCUT2D eigenvalue weighted by Crippen LogP contribution is -1.95. The van der Waals surface area contributed by atoms with E-state index in [0.717, 1.165) is 28.6 Å². The largest absolute Gasteiger partial charge is 0.226 e. The van der Waals surface area contributed by atoms with Gasteiger partial charge in [-0.25, -0.2) is 9.97 Å². The molecule has 0 fully saturated rings. The molecule has 0 atom stereocenters. The van der Waals surface area contributed by atoms with Crippen molar-refractivity contribution in [1.29, 1.82) is 0 Å². The number of rotatable bonds is 4. The zero-order valence-electron chi connectivity index (χ0n) is 9.56. The minimum Gasteiger partial charge on any atom is -0.226 e. The standard InChI is InChI=1S/C13H13ClN2S/c1-2-6-12-15-11(14)9-13(16-12)17-10-7-4-3-5-8-10/h3-5,7-9H,2,6H2,1H3. The molecular weight excluding hydrogens is 252 g/mol. The zero-order valence-corrected chi connectivity index (χ0v) is 11.1. The molecule has 4 heteroatoms. The molecule has 17 heavy (non-hydrogen) atoms. The Bertz CT molecular complexity index is 488. The smallest absolute Gasteiger partial charge is 0.133 e. The van der Waals surface area contributed by atoms with Gasteiger partial charge in [0.05, 0.1) is 0 Å².